The van der Waals surface area contributed by atoms with Crippen molar-refractivity contribution in [2.45, 2.75) is 13.8 Å². The van der Waals surface area contributed by atoms with E-state index in [0.717, 1.165) is 11.1 Å². The van der Waals surface area contributed by atoms with Crippen LogP contribution in [0.4, 0.5) is 11.4 Å². The molecule has 3 aromatic carbocycles. The first-order valence-electron chi connectivity index (χ1n) is 8.98. The second-order valence-electron chi connectivity index (χ2n) is 6.45. The monoisotopic (exact) mass is 374 g/mol. The van der Waals surface area contributed by atoms with Crippen LogP contribution in [0.15, 0.2) is 72.8 Å². The molecule has 2 N–H and O–H groups in total. The maximum atomic E-state index is 12.3. The minimum Gasteiger partial charge on any atom is -0.483 e. The number of aryl methyl sites for hydroxylation is 2. The van der Waals surface area contributed by atoms with E-state index < -0.39 is 0 Å². The highest BCUT2D eigenvalue weighted by Gasteiger charge is 2.09. The molecule has 5 nitrogen and oxygen atoms in total. The first-order valence-corrected chi connectivity index (χ1v) is 8.98. The van der Waals surface area contributed by atoms with E-state index >= 15 is 0 Å². The van der Waals surface area contributed by atoms with Crippen molar-refractivity contribution < 1.29 is 14.3 Å². The predicted molar refractivity (Wildman–Crippen MR) is 111 cm³/mol. The van der Waals surface area contributed by atoms with E-state index in [-0.39, 0.29) is 18.4 Å². The van der Waals surface area contributed by atoms with Crippen molar-refractivity contribution in [3.8, 4) is 5.75 Å². The van der Waals surface area contributed by atoms with Crippen LogP contribution in [0.25, 0.3) is 0 Å². The Morgan fingerprint density at radius 3 is 2.25 bits per heavy atom. The van der Waals surface area contributed by atoms with Crippen LogP contribution < -0.4 is 15.4 Å². The number of carbonyl (C=O) groups is 2. The van der Waals surface area contributed by atoms with Gasteiger partial charge in [0.15, 0.2) is 6.61 Å². The van der Waals surface area contributed by atoms with Crippen LogP contribution in [0, 0.1) is 13.8 Å². The van der Waals surface area contributed by atoms with E-state index in [1.54, 1.807) is 24.3 Å². The van der Waals surface area contributed by atoms with Gasteiger partial charge in [-0.15, -0.1) is 0 Å². The molecule has 28 heavy (non-hydrogen) atoms. The average molecular weight is 374 g/mol. The largest absolute Gasteiger partial charge is 0.483 e. The summed E-state index contributed by atoms with van der Waals surface area (Å²) in [5.41, 5.74) is 3.76. The fourth-order valence-electron chi connectivity index (χ4n) is 2.72. The number of anilines is 2. The number of ether oxygens (including phenoxy) is 1. The van der Waals surface area contributed by atoms with Crippen molar-refractivity contribution in [2.24, 2.45) is 0 Å². The molecule has 0 saturated heterocycles. The number of nitrogens with one attached hydrogen (secondary N) is 2. The fraction of sp³-hybridized carbons (Fsp3) is 0.130. The zero-order chi connectivity index (χ0) is 19.9. The van der Waals surface area contributed by atoms with E-state index in [1.807, 2.05) is 62.4 Å². The van der Waals surface area contributed by atoms with E-state index in [1.165, 1.54) is 0 Å². The molecule has 0 aliphatic heterocycles. The second-order valence-corrected chi connectivity index (χ2v) is 6.45. The van der Waals surface area contributed by atoms with Gasteiger partial charge in [0.1, 0.15) is 5.75 Å². The van der Waals surface area contributed by atoms with Gasteiger partial charge in [0.2, 0.25) is 0 Å². The highest BCUT2D eigenvalue weighted by Crippen LogP contribution is 2.21. The van der Waals surface area contributed by atoms with Crippen molar-refractivity contribution >= 4 is 23.2 Å². The summed E-state index contributed by atoms with van der Waals surface area (Å²) in [5, 5.41) is 5.69. The van der Waals surface area contributed by atoms with E-state index in [0.29, 0.717) is 22.7 Å². The molecule has 0 saturated carbocycles. The lowest BCUT2D eigenvalue weighted by Gasteiger charge is -2.12. The fourth-order valence-corrected chi connectivity index (χ4v) is 2.72. The van der Waals surface area contributed by atoms with E-state index in [4.69, 9.17) is 4.74 Å². The van der Waals surface area contributed by atoms with Crippen LogP contribution in [0.1, 0.15) is 21.5 Å². The lowest BCUT2D eigenvalue weighted by atomic mass is 10.1. The van der Waals surface area contributed by atoms with E-state index in [2.05, 4.69) is 10.6 Å². The lowest BCUT2D eigenvalue weighted by molar-refractivity contribution is -0.118. The third-order valence-electron chi connectivity index (χ3n) is 4.25. The summed E-state index contributed by atoms with van der Waals surface area (Å²) in [6.45, 7) is 3.73. The molecule has 5 heteroatoms. The molecule has 142 valence electrons. The smallest absolute Gasteiger partial charge is 0.262 e. The molecule has 0 fully saturated rings. The topological polar surface area (TPSA) is 67.4 Å². The molecule has 3 aromatic rings. The summed E-state index contributed by atoms with van der Waals surface area (Å²) in [5.74, 6) is 0.267. The van der Waals surface area contributed by atoms with Gasteiger partial charge < -0.3 is 15.4 Å². The zero-order valence-corrected chi connectivity index (χ0v) is 15.9. The lowest BCUT2D eigenvalue weighted by Crippen LogP contribution is -2.20. The summed E-state index contributed by atoms with van der Waals surface area (Å²) < 4.78 is 5.56. The molecule has 0 aliphatic carbocycles. The van der Waals surface area contributed by atoms with Crippen LogP contribution in [-0.4, -0.2) is 18.4 Å². The van der Waals surface area contributed by atoms with Crippen molar-refractivity contribution in [1.29, 1.82) is 0 Å². The Morgan fingerprint density at radius 2 is 1.54 bits per heavy atom. The Balaban J connectivity index is 1.58. The Hall–Kier alpha value is -3.60. The first-order chi connectivity index (χ1) is 13.5. The molecule has 0 atom stereocenters. The van der Waals surface area contributed by atoms with Gasteiger partial charge in [-0.05, 0) is 61.4 Å². The highest BCUT2D eigenvalue weighted by atomic mass is 16.5. The predicted octanol–water partition coefficient (Wildman–Crippen LogP) is 4.57. The maximum Gasteiger partial charge on any atom is 0.262 e. The molecular weight excluding hydrogens is 352 g/mol. The van der Waals surface area contributed by atoms with Crippen molar-refractivity contribution in [1.82, 2.24) is 0 Å². The van der Waals surface area contributed by atoms with Gasteiger partial charge in [0, 0.05) is 16.9 Å². The molecular formula is C23H22N2O3. The van der Waals surface area contributed by atoms with Crippen LogP contribution in [0.3, 0.4) is 0 Å². The molecule has 0 aliphatic rings. The van der Waals surface area contributed by atoms with Gasteiger partial charge in [-0.3, -0.25) is 9.59 Å². The Bertz CT molecular complexity index is 984. The summed E-state index contributed by atoms with van der Waals surface area (Å²) in [6, 6.07) is 21.9. The molecule has 0 aromatic heterocycles. The van der Waals surface area contributed by atoms with Crippen molar-refractivity contribution in [2.75, 3.05) is 17.2 Å². The third-order valence-corrected chi connectivity index (χ3v) is 4.25. The Kier molecular flexibility index (Phi) is 6.07. The number of carbonyl (C=O) groups excluding carboxylic acids is 2. The number of rotatable bonds is 6. The van der Waals surface area contributed by atoms with Gasteiger partial charge in [0.05, 0.1) is 0 Å². The number of hydrogen-bond donors (Lipinski definition) is 2. The van der Waals surface area contributed by atoms with Crippen LogP contribution >= 0.6 is 0 Å². The number of para-hydroxylation sites is 1. The standard InChI is InChI=1S/C23H22N2O3/c1-16-8-6-7-11-21(16)28-15-22(26)24-19-12-13-20(17(2)14-19)25-23(27)18-9-4-3-5-10-18/h3-14H,15H2,1-2H3,(H,24,26)(H,25,27). The summed E-state index contributed by atoms with van der Waals surface area (Å²) in [4.78, 5) is 24.4. The molecule has 2 amide bonds. The molecule has 0 radical (unpaired) electrons. The van der Waals surface area contributed by atoms with Crippen LogP contribution in [0.5, 0.6) is 5.75 Å². The van der Waals surface area contributed by atoms with Gasteiger partial charge in [-0.1, -0.05) is 36.4 Å². The summed E-state index contributed by atoms with van der Waals surface area (Å²) >= 11 is 0. The normalized spacial score (nSPS) is 10.2. The summed E-state index contributed by atoms with van der Waals surface area (Å²) in [7, 11) is 0. The number of hydrogen-bond acceptors (Lipinski definition) is 3. The first kappa shape index (κ1) is 19.2. The minimum atomic E-state index is -0.247. The van der Waals surface area contributed by atoms with Crippen LogP contribution in [-0.2, 0) is 4.79 Å². The quantitative estimate of drug-likeness (QED) is 0.664. The molecule has 0 spiro atoms. The average Bonchev–Trinajstić information content (AvgIpc) is 2.70. The Morgan fingerprint density at radius 1 is 0.821 bits per heavy atom. The van der Waals surface area contributed by atoms with Crippen molar-refractivity contribution in [3.63, 3.8) is 0 Å². The second kappa shape index (κ2) is 8.86. The van der Waals surface area contributed by atoms with Gasteiger partial charge >= 0.3 is 0 Å². The SMILES string of the molecule is Cc1cc(NC(=O)COc2ccccc2C)ccc1NC(=O)c1ccccc1. The third kappa shape index (κ3) is 4.98. The molecule has 0 bridgehead atoms. The Labute approximate surface area is 164 Å². The minimum absolute atomic E-state index is 0.0730. The number of benzene rings is 3. The molecule has 3 rings (SSSR count). The number of amides is 2. The molecule has 0 heterocycles. The maximum absolute atomic E-state index is 12.3. The van der Waals surface area contributed by atoms with Crippen LogP contribution in [0.2, 0.25) is 0 Å². The van der Waals surface area contributed by atoms with Gasteiger partial charge in [0.25, 0.3) is 11.8 Å². The summed E-state index contributed by atoms with van der Waals surface area (Å²) in [6.07, 6.45) is 0. The zero-order valence-electron chi connectivity index (χ0n) is 15.9. The highest BCUT2D eigenvalue weighted by molar-refractivity contribution is 6.04. The molecule has 0 unspecified atom stereocenters. The van der Waals surface area contributed by atoms with E-state index in [9.17, 15) is 9.59 Å². The van der Waals surface area contributed by atoms with Gasteiger partial charge in [-0.25, -0.2) is 0 Å². The van der Waals surface area contributed by atoms with Gasteiger partial charge in [-0.2, -0.15) is 0 Å². The van der Waals surface area contributed by atoms with Crippen molar-refractivity contribution in [3.05, 3.63) is 89.5 Å².